The van der Waals surface area contributed by atoms with Gasteiger partial charge in [0.15, 0.2) is 0 Å². The van der Waals surface area contributed by atoms with Gasteiger partial charge in [-0.3, -0.25) is 4.79 Å². The minimum Gasteiger partial charge on any atom is -0.480 e. The van der Waals surface area contributed by atoms with Gasteiger partial charge in [0.2, 0.25) is 0 Å². The van der Waals surface area contributed by atoms with E-state index in [-0.39, 0.29) is 6.54 Å². The first-order valence-electron chi connectivity index (χ1n) is 6.73. The zero-order chi connectivity index (χ0) is 15.8. The van der Waals surface area contributed by atoms with E-state index >= 15 is 0 Å². The third-order valence-corrected chi connectivity index (χ3v) is 3.93. The standard InChI is InChI=1S/C15H17F2NO3/c1-15(2)6-3-7-18(12(15)14(20)21)13(19)10-8-9(16)4-5-11(10)17/h4-5,8,12H,3,6-7H2,1-2H3,(H,20,21). The molecular weight excluding hydrogens is 280 g/mol. The van der Waals surface area contributed by atoms with E-state index in [0.717, 1.165) is 23.1 Å². The van der Waals surface area contributed by atoms with Crippen molar-refractivity contribution >= 4 is 11.9 Å². The Hall–Kier alpha value is -1.98. The summed E-state index contributed by atoms with van der Waals surface area (Å²) in [6.07, 6.45) is 1.28. The molecule has 4 nitrogen and oxygen atoms in total. The number of benzene rings is 1. The second kappa shape index (κ2) is 5.42. The Kier molecular flexibility index (Phi) is 3.98. The first-order chi connectivity index (χ1) is 9.74. The van der Waals surface area contributed by atoms with Crippen LogP contribution in [0.15, 0.2) is 18.2 Å². The van der Waals surface area contributed by atoms with Crippen LogP contribution in [0.4, 0.5) is 8.78 Å². The Morgan fingerprint density at radius 2 is 2.00 bits per heavy atom. The maximum atomic E-state index is 13.7. The van der Waals surface area contributed by atoms with Crippen molar-refractivity contribution in [3.63, 3.8) is 0 Å². The van der Waals surface area contributed by atoms with Crippen LogP contribution in [0.3, 0.4) is 0 Å². The number of rotatable bonds is 2. The van der Waals surface area contributed by atoms with E-state index in [1.54, 1.807) is 13.8 Å². The number of carbonyl (C=O) groups excluding carboxylic acids is 1. The van der Waals surface area contributed by atoms with Crippen molar-refractivity contribution in [1.29, 1.82) is 0 Å². The highest BCUT2D eigenvalue weighted by Crippen LogP contribution is 2.36. The van der Waals surface area contributed by atoms with E-state index in [4.69, 9.17) is 0 Å². The molecule has 1 amide bonds. The van der Waals surface area contributed by atoms with Gasteiger partial charge in [0.05, 0.1) is 5.56 Å². The molecule has 1 atom stereocenters. The highest BCUT2D eigenvalue weighted by atomic mass is 19.1. The molecule has 0 radical (unpaired) electrons. The van der Waals surface area contributed by atoms with Crippen molar-refractivity contribution in [3.05, 3.63) is 35.4 Å². The van der Waals surface area contributed by atoms with Crippen LogP contribution in [0.25, 0.3) is 0 Å². The monoisotopic (exact) mass is 297 g/mol. The quantitative estimate of drug-likeness (QED) is 0.913. The van der Waals surface area contributed by atoms with Crippen LogP contribution >= 0.6 is 0 Å². The van der Waals surface area contributed by atoms with E-state index in [1.807, 2.05) is 0 Å². The lowest BCUT2D eigenvalue weighted by Gasteiger charge is -2.44. The number of carbonyl (C=O) groups is 2. The number of halogens is 2. The number of likely N-dealkylation sites (tertiary alicyclic amines) is 1. The lowest BCUT2D eigenvalue weighted by atomic mass is 9.76. The Balaban J connectivity index is 2.41. The highest BCUT2D eigenvalue weighted by Gasteiger charge is 2.45. The second-order valence-corrected chi connectivity index (χ2v) is 5.96. The van der Waals surface area contributed by atoms with Crippen LogP contribution in [0.5, 0.6) is 0 Å². The fourth-order valence-corrected chi connectivity index (χ4v) is 2.90. The smallest absolute Gasteiger partial charge is 0.326 e. The van der Waals surface area contributed by atoms with Crippen molar-refractivity contribution in [3.8, 4) is 0 Å². The van der Waals surface area contributed by atoms with E-state index in [0.29, 0.717) is 12.8 Å². The zero-order valence-corrected chi connectivity index (χ0v) is 11.9. The van der Waals surface area contributed by atoms with Crippen molar-refractivity contribution < 1.29 is 23.5 Å². The SMILES string of the molecule is CC1(C)CCCN(C(=O)c2cc(F)ccc2F)C1C(=O)O. The predicted molar refractivity (Wildman–Crippen MR) is 71.8 cm³/mol. The van der Waals surface area contributed by atoms with Gasteiger partial charge in [-0.1, -0.05) is 13.8 Å². The van der Waals surface area contributed by atoms with Crippen LogP contribution in [0.2, 0.25) is 0 Å². The number of nitrogens with zero attached hydrogens (tertiary/aromatic N) is 1. The number of carboxylic acid groups (broad SMARTS) is 1. The largest absolute Gasteiger partial charge is 0.480 e. The third kappa shape index (κ3) is 2.89. The van der Waals surface area contributed by atoms with Crippen LogP contribution in [-0.2, 0) is 4.79 Å². The average Bonchev–Trinajstić information content (AvgIpc) is 2.38. The molecule has 114 valence electrons. The van der Waals surface area contributed by atoms with Gasteiger partial charge in [-0.15, -0.1) is 0 Å². The zero-order valence-electron chi connectivity index (χ0n) is 11.9. The van der Waals surface area contributed by atoms with Crippen LogP contribution in [0.1, 0.15) is 37.0 Å². The lowest BCUT2D eigenvalue weighted by molar-refractivity contribution is -0.148. The van der Waals surface area contributed by atoms with E-state index in [2.05, 4.69) is 0 Å². The lowest BCUT2D eigenvalue weighted by Crippen LogP contribution is -2.56. The van der Waals surface area contributed by atoms with Crippen molar-refractivity contribution in [2.24, 2.45) is 5.41 Å². The molecule has 0 aromatic heterocycles. The topological polar surface area (TPSA) is 57.6 Å². The number of amides is 1. The minimum absolute atomic E-state index is 0.217. The number of hydrogen-bond acceptors (Lipinski definition) is 2. The first kappa shape index (κ1) is 15.4. The summed E-state index contributed by atoms with van der Waals surface area (Å²) in [4.78, 5) is 25.1. The molecule has 1 aromatic carbocycles. The molecule has 21 heavy (non-hydrogen) atoms. The molecule has 1 heterocycles. The highest BCUT2D eigenvalue weighted by molar-refractivity contribution is 5.97. The molecule has 1 saturated heterocycles. The molecule has 1 aliphatic rings. The number of aliphatic carboxylic acids is 1. The van der Waals surface area contributed by atoms with Gasteiger partial charge in [0, 0.05) is 6.54 Å². The molecule has 6 heteroatoms. The Morgan fingerprint density at radius 3 is 2.62 bits per heavy atom. The molecule has 0 spiro atoms. The summed E-state index contributed by atoms with van der Waals surface area (Å²) in [7, 11) is 0. The number of hydrogen-bond donors (Lipinski definition) is 1. The minimum atomic E-state index is -1.13. The summed E-state index contributed by atoms with van der Waals surface area (Å²) in [5, 5.41) is 9.40. The van der Waals surface area contributed by atoms with Gasteiger partial charge < -0.3 is 10.0 Å². The van der Waals surface area contributed by atoms with Crippen LogP contribution < -0.4 is 0 Å². The van der Waals surface area contributed by atoms with Gasteiger partial charge in [-0.2, -0.15) is 0 Å². The maximum Gasteiger partial charge on any atom is 0.326 e. The fraction of sp³-hybridized carbons (Fsp3) is 0.467. The Morgan fingerprint density at radius 1 is 1.33 bits per heavy atom. The molecule has 0 bridgehead atoms. The van der Waals surface area contributed by atoms with Crippen LogP contribution in [0, 0.1) is 17.0 Å². The normalized spacial score (nSPS) is 21.1. The number of piperidine rings is 1. The van der Waals surface area contributed by atoms with Gasteiger partial charge in [0.25, 0.3) is 5.91 Å². The molecule has 1 N–H and O–H groups in total. The molecule has 0 saturated carbocycles. The summed E-state index contributed by atoms with van der Waals surface area (Å²) in [6, 6.07) is 1.54. The molecule has 2 rings (SSSR count). The van der Waals surface area contributed by atoms with Crippen molar-refractivity contribution in [2.45, 2.75) is 32.7 Å². The van der Waals surface area contributed by atoms with E-state index in [9.17, 15) is 23.5 Å². The summed E-state index contributed by atoms with van der Waals surface area (Å²) >= 11 is 0. The Bertz CT molecular complexity index is 586. The molecule has 0 aliphatic carbocycles. The third-order valence-electron chi connectivity index (χ3n) is 3.93. The molecule has 1 fully saturated rings. The molecule has 1 unspecified atom stereocenters. The van der Waals surface area contributed by atoms with Gasteiger partial charge >= 0.3 is 5.97 Å². The molecule has 1 aliphatic heterocycles. The maximum absolute atomic E-state index is 13.7. The van der Waals surface area contributed by atoms with Gasteiger partial charge in [-0.05, 0) is 36.5 Å². The predicted octanol–water partition coefficient (Wildman–Crippen LogP) is 2.68. The van der Waals surface area contributed by atoms with Crippen molar-refractivity contribution in [1.82, 2.24) is 4.90 Å². The van der Waals surface area contributed by atoms with E-state index in [1.165, 1.54) is 0 Å². The van der Waals surface area contributed by atoms with Crippen LogP contribution in [-0.4, -0.2) is 34.5 Å². The molecule has 1 aromatic rings. The first-order valence-corrected chi connectivity index (χ1v) is 6.73. The summed E-state index contributed by atoms with van der Waals surface area (Å²) in [5.74, 6) is -3.51. The summed E-state index contributed by atoms with van der Waals surface area (Å²) < 4.78 is 27.0. The Labute approximate surface area is 121 Å². The number of carboxylic acids is 1. The fourth-order valence-electron chi connectivity index (χ4n) is 2.90. The second-order valence-electron chi connectivity index (χ2n) is 5.96. The van der Waals surface area contributed by atoms with Gasteiger partial charge in [0.1, 0.15) is 17.7 Å². The van der Waals surface area contributed by atoms with Gasteiger partial charge in [-0.25, -0.2) is 13.6 Å². The summed E-state index contributed by atoms with van der Waals surface area (Å²) in [5.41, 5.74) is -1.05. The summed E-state index contributed by atoms with van der Waals surface area (Å²) in [6.45, 7) is 3.73. The van der Waals surface area contributed by atoms with Crippen molar-refractivity contribution in [2.75, 3.05) is 6.54 Å². The van der Waals surface area contributed by atoms with E-state index < -0.39 is 40.5 Å². The molecular formula is C15H17F2NO3. The average molecular weight is 297 g/mol.